The highest BCUT2D eigenvalue weighted by Crippen LogP contribution is 2.27. The Balaban J connectivity index is 1.52. The number of hydrogen-bond donors (Lipinski definition) is 1. The molecule has 5 nitrogen and oxygen atoms in total. The van der Waals surface area contributed by atoms with Gasteiger partial charge in [0.1, 0.15) is 11.7 Å². The number of carbonyl (C=O) groups excluding carboxylic acids is 2. The lowest BCUT2D eigenvalue weighted by molar-refractivity contribution is -0.132. The molecule has 1 atom stereocenters. The average Bonchev–Trinajstić information content (AvgIpc) is 3.10. The Morgan fingerprint density at radius 3 is 2.43 bits per heavy atom. The van der Waals surface area contributed by atoms with Crippen LogP contribution in [0.25, 0.3) is 0 Å². The molecule has 2 amide bonds. The summed E-state index contributed by atoms with van der Waals surface area (Å²) in [6.07, 6.45) is 1.27. The molecule has 1 aliphatic heterocycles. The normalized spacial score (nSPS) is 16.5. The third-order valence-electron chi connectivity index (χ3n) is 5.27. The minimum Gasteiger partial charge on any atom is -0.497 e. The molecule has 28 heavy (non-hydrogen) atoms. The van der Waals surface area contributed by atoms with Crippen molar-refractivity contribution in [2.75, 3.05) is 25.1 Å². The van der Waals surface area contributed by atoms with Crippen LogP contribution in [0.2, 0.25) is 0 Å². The fourth-order valence-electron chi connectivity index (χ4n) is 3.46. The Kier molecular flexibility index (Phi) is 6.34. The van der Waals surface area contributed by atoms with Gasteiger partial charge in [0.25, 0.3) is 0 Å². The SMILES string of the molecule is COc1ccc(CCNC(=O)C2CCN(c3ccc(C(C)C)cc3)C2=O)cc1. The summed E-state index contributed by atoms with van der Waals surface area (Å²) in [6.45, 7) is 5.37. The van der Waals surface area contributed by atoms with Crippen LogP contribution >= 0.6 is 0 Å². The zero-order chi connectivity index (χ0) is 20.1. The second-order valence-electron chi connectivity index (χ2n) is 7.47. The van der Waals surface area contributed by atoms with Crippen LogP contribution in [-0.4, -0.2) is 32.0 Å². The van der Waals surface area contributed by atoms with E-state index in [1.54, 1.807) is 12.0 Å². The largest absolute Gasteiger partial charge is 0.497 e. The van der Waals surface area contributed by atoms with Crippen molar-refractivity contribution in [1.29, 1.82) is 0 Å². The third-order valence-corrected chi connectivity index (χ3v) is 5.27. The molecule has 0 radical (unpaired) electrons. The zero-order valence-electron chi connectivity index (χ0n) is 16.8. The van der Waals surface area contributed by atoms with Gasteiger partial charge in [0.15, 0.2) is 0 Å². The first kappa shape index (κ1) is 19.9. The van der Waals surface area contributed by atoms with Crippen LogP contribution in [0.3, 0.4) is 0 Å². The molecule has 1 N–H and O–H groups in total. The molecule has 1 unspecified atom stereocenters. The standard InChI is InChI=1S/C23H28N2O3/c1-16(2)18-6-8-19(9-7-18)25-15-13-21(23(25)27)22(26)24-14-12-17-4-10-20(28-3)11-5-17/h4-11,16,21H,12-15H2,1-3H3,(H,24,26). The predicted molar refractivity (Wildman–Crippen MR) is 111 cm³/mol. The number of rotatable bonds is 7. The van der Waals surface area contributed by atoms with Crippen molar-refractivity contribution < 1.29 is 14.3 Å². The first-order chi connectivity index (χ1) is 13.5. The minimum absolute atomic E-state index is 0.112. The van der Waals surface area contributed by atoms with Crippen LogP contribution in [0.5, 0.6) is 5.75 Å². The van der Waals surface area contributed by atoms with Crippen LogP contribution < -0.4 is 15.0 Å². The monoisotopic (exact) mass is 380 g/mol. The molecule has 0 aromatic heterocycles. The molecule has 0 spiro atoms. The van der Waals surface area contributed by atoms with Gasteiger partial charge in [-0.15, -0.1) is 0 Å². The molecule has 0 bridgehead atoms. The van der Waals surface area contributed by atoms with Gasteiger partial charge in [0.2, 0.25) is 11.8 Å². The third kappa shape index (κ3) is 4.53. The molecule has 3 rings (SSSR count). The second kappa shape index (κ2) is 8.91. The van der Waals surface area contributed by atoms with E-state index in [-0.39, 0.29) is 11.8 Å². The summed E-state index contributed by atoms with van der Waals surface area (Å²) in [4.78, 5) is 26.9. The van der Waals surface area contributed by atoms with Crippen molar-refractivity contribution >= 4 is 17.5 Å². The number of nitrogens with zero attached hydrogens (tertiary/aromatic N) is 1. The first-order valence-corrected chi connectivity index (χ1v) is 9.81. The number of benzene rings is 2. The van der Waals surface area contributed by atoms with Crippen LogP contribution in [0.1, 0.15) is 37.3 Å². The number of nitrogens with one attached hydrogen (secondary N) is 1. The van der Waals surface area contributed by atoms with Gasteiger partial charge in [-0.25, -0.2) is 0 Å². The maximum absolute atomic E-state index is 12.7. The van der Waals surface area contributed by atoms with Gasteiger partial charge >= 0.3 is 0 Å². The molecule has 5 heteroatoms. The molecule has 1 heterocycles. The maximum Gasteiger partial charge on any atom is 0.239 e. The molecule has 0 aliphatic carbocycles. The predicted octanol–water partition coefficient (Wildman–Crippen LogP) is 3.53. The Morgan fingerprint density at radius 1 is 1.14 bits per heavy atom. The van der Waals surface area contributed by atoms with Crippen molar-refractivity contribution in [1.82, 2.24) is 5.32 Å². The van der Waals surface area contributed by atoms with E-state index in [0.29, 0.717) is 25.4 Å². The van der Waals surface area contributed by atoms with Crippen molar-refractivity contribution in [2.24, 2.45) is 5.92 Å². The summed E-state index contributed by atoms with van der Waals surface area (Å²) in [5.74, 6) is 0.373. The molecule has 2 aromatic carbocycles. The Bertz CT molecular complexity index is 813. The molecular formula is C23H28N2O3. The molecular weight excluding hydrogens is 352 g/mol. The molecule has 0 saturated carbocycles. The Hall–Kier alpha value is -2.82. The van der Waals surface area contributed by atoms with Crippen LogP contribution in [0.4, 0.5) is 5.69 Å². The lowest BCUT2D eigenvalue weighted by Gasteiger charge is -2.18. The van der Waals surface area contributed by atoms with Gasteiger partial charge in [-0.3, -0.25) is 9.59 Å². The first-order valence-electron chi connectivity index (χ1n) is 9.81. The Morgan fingerprint density at radius 2 is 1.82 bits per heavy atom. The van der Waals surface area contributed by atoms with E-state index in [4.69, 9.17) is 4.74 Å². The highest BCUT2D eigenvalue weighted by molar-refractivity contribution is 6.09. The number of anilines is 1. The van der Waals surface area contributed by atoms with E-state index >= 15 is 0 Å². The molecule has 1 saturated heterocycles. The average molecular weight is 380 g/mol. The molecule has 1 fully saturated rings. The topological polar surface area (TPSA) is 58.6 Å². The fourth-order valence-corrected chi connectivity index (χ4v) is 3.46. The van der Waals surface area contributed by atoms with Crippen molar-refractivity contribution in [2.45, 2.75) is 32.6 Å². The highest BCUT2D eigenvalue weighted by atomic mass is 16.5. The Labute approximate surface area is 166 Å². The highest BCUT2D eigenvalue weighted by Gasteiger charge is 2.37. The fraction of sp³-hybridized carbons (Fsp3) is 0.391. The second-order valence-corrected chi connectivity index (χ2v) is 7.47. The van der Waals surface area contributed by atoms with E-state index in [1.165, 1.54) is 5.56 Å². The van der Waals surface area contributed by atoms with E-state index in [2.05, 4.69) is 31.3 Å². The van der Waals surface area contributed by atoms with Gasteiger partial charge in [-0.2, -0.15) is 0 Å². The lowest BCUT2D eigenvalue weighted by Crippen LogP contribution is -2.37. The summed E-state index contributed by atoms with van der Waals surface area (Å²) in [5.41, 5.74) is 3.22. The van der Waals surface area contributed by atoms with Crippen LogP contribution in [0, 0.1) is 5.92 Å². The molecule has 1 aliphatic rings. The quantitative estimate of drug-likeness (QED) is 0.748. The summed E-state index contributed by atoms with van der Waals surface area (Å²) in [5, 5.41) is 2.91. The smallest absolute Gasteiger partial charge is 0.239 e. The van der Waals surface area contributed by atoms with Crippen LogP contribution in [0.15, 0.2) is 48.5 Å². The lowest BCUT2D eigenvalue weighted by atomic mass is 10.0. The van der Waals surface area contributed by atoms with Gasteiger partial charge in [0, 0.05) is 18.8 Å². The summed E-state index contributed by atoms with van der Waals surface area (Å²) in [7, 11) is 1.63. The van der Waals surface area contributed by atoms with Crippen LogP contribution in [-0.2, 0) is 16.0 Å². The molecule has 2 aromatic rings. The van der Waals surface area contributed by atoms with Gasteiger partial charge in [-0.1, -0.05) is 38.1 Å². The summed E-state index contributed by atoms with van der Waals surface area (Å²) < 4.78 is 5.14. The maximum atomic E-state index is 12.7. The number of hydrogen-bond acceptors (Lipinski definition) is 3. The zero-order valence-corrected chi connectivity index (χ0v) is 16.8. The minimum atomic E-state index is -0.597. The van der Waals surface area contributed by atoms with Crippen molar-refractivity contribution in [3.05, 3.63) is 59.7 Å². The summed E-state index contributed by atoms with van der Waals surface area (Å²) in [6, 6.07) is 15.8. The van der Waals surface area contributed by atoms with E-state index in [9.17, 15) is 9.59 Å². The molecule has 148 valence electrons. The van der Waals surface area contributed by atoms with Crippen molar-refractivity contribution in [3.63, 3.8) is 0 Å². The van der Waals surface area contributed by atoms with E-state index in [0.717, 1.165) is 23.4 Å². The number of amides is 2. The van der Waals surface area contributed by atoms with Crippen molar-refractivity contribution in [3.8, 4) is 5.75 Å². The number of ether oxygens (including phenoxy) is 1. The van der Waals surface area contributed by atoms with E-state index in [1.807, 2.05) is 36.4 Å². The number of methoxy groups -OCH3 is 1. The van der Waals surface area contributed by atoms with Gasteiger partial charge in [-0.05, 0) is 54.2 Å². The summed E-state index contributed by atoms with van der Waals surface area (Å²) >= 11 is 0. The van der Waals surface area contributed by atoms with E-state index < -0.39 is 5.92 Å². The number of carbonyl (C=O) groups is 2. The van der Waals surface area contributed by atoms with Gasteiger partial charge < -0.3 is 15.0 Å². The van der Waals surface area contributed by atoms with Gasteiger partial charge in [0.05, 0.1) is 7.11 Å².